The van der Waals surface area contributed by atoms with Crippen molar-refractivity contribution in [3.8, 4) is 0 Å². The van der Waals surface area contributed by atoms with Crippen LogP contribution in [-0.2, 0) is 14.3 Å². The highest BCUT2D eigenvalue weighted by Gasteiger charge is 2.24. The van der Waals surface area contributed by atoms with Gasteiger partial charge in [-0.05, 0) is 24.6 Å². The van der Waals surface area contributed by atoms with Gasteiger partial charge in [0.1, 0.15) is 0 Å². The van der Waals surface area contributed by atoms with Gasteiger partial charge in [-0.1, -0.05) is 26.2 Å². The van der Waals surface area contributed by atoms with Crippen LogP contribution in [0.4, 0.5) is 4.79 Å². The molecule has 0 bridgehead atoms. The van der Waals surface area contributed by atoms with E-state index < -0.39 is 11.6 Å². The van der Waals surface area contributed by atoms with Gasteiger partial charge in [-0.2, -0.15) is 0 Å². The van der Waals surface area contributed by atoms with Crippen LogP contribution in [0.3, 0.4) is 0 Å². The third-order valence-corrected chi connectivity index (χ3v) is 3.37. The first-order chi connectivity index (χ1) is 8.13. The van der Waals surface area contributed by atoms with Gasteiger partial charge in [0.15, 0.2) is 0 Å². The molecule has 1 aliphatic rings. The molecule has 1 saturated carbocycles. The lowest BCUT2D eigenvalue weighted by Crippen LogP contribution is -2.26. The molecular formula is C12H20O4S. The fourth-order valence-electron chi connectivity index (χ4n) is 1.91. The summed E-state index contributed by atoms with van der Waals surface area (Å²) in [6.07, 6.45) is 4.36. The van der Waals surface area contributed by atoms with E-state index in [1.807, 2.05) is 6.92 Å². The summed E-state index contributed by atoms with van der Waals surface area (Å²) < 4.78 is 10.0. The van der Waals surface area contributed by atoms with Crippen molar-refractivity contribution >= 4 is 23.0 Å². The van der Waals surface area contributed by atoms with Crippen LogP contribution in [-0.4, -0.2) is 23.3 Å². The zero-order chi connectivity index (χ0) is 12.7. The molecule has 1 aliphatic carbocycles. The van der Waals surface area contributed by atoms with Crippen molar-refractivity contribution in [2.24, 2.45) is 5.92 Å². The van der Waals surface area contributed by atoms with Gasteiger partial charge < -0.3 is 9.47 Å². The van der Waals surface area contributed by atoms with Gasteiger partial charge in [0.25, 0.3) is 0 Å². The molecule has 1 atom stereocenters. The molecule has 17 heavy (non-hydrogen) atoms. The topological polar surface area (TPSA) is 52.6 Å². The van der Waals surface area contributed by atoms with Crippen molar-refractivity contribution in [2.75, 3.05) is 5.75 Å². The Morgan fingerprint density at radius 2 is 1.88 bits per heavy atom. The second-order valence-electron chi connectivity index (χ2n) is 4.14. The summed E-state index contributed by atoms with van der Waals surface area (Å²) in [5.74, 6) is 0.414. The zero-order valence-corrected chi connectivity index (χ0v) is 11.3. The maximum atomic E-state index is 11.7. The van der Waals surface area contributed by atoms with E-state index in [2.05, 4.69) is 0 Å². The molecule has 1 rings (SSSR count). The van der Waals surface area contributed by atoms with E-state index in [-0.39, 0.29) is 11.9 Å². The van der Waals surface area contributed by atoms with Gasteiger partial charge in [0.2, 0.25) is 6.29 Å². The summed E-state index contributed by atoms with van der Waals surface area (Å²) in [4.78, 5) is 22.9. The molecule has 4 nitrogen and oxygen atoms in total. The van der Waals surface area contributed by atoms with Gasteiger partial charge in [0.05, 0.1) is 5.92 Å². The molecule has 1 fully saturated rings. The Morgan fingerprint density at radius 3 is 2.47 bits per heavy atom. The van der Waals surface area contributed by atoms with Crippen LogP contribution in [0.1, 0.15) is 46.0 Å². The van der Waals surface area contributed by atoms with Crippen molar-refractivity contribution in [3.63, 3.8) is 0 Å². The minimum absolute atomic E-state index is 0.0104. The molecule has 0 saturated heterocycles. The SMILES string of the molecule is CCSC(=O)O[C@@H](C)OC(=O)C1CCCCC1. The molecule has 0 aromatic carbocycles. The Morgan fingerprint density at radius 1 is 1.24 bits per heavy atom. The summed E-state index contributed by atoms with van der Waals surface area (Å²) in [5.41, 5.74) is 0. The monoisotopic (exact) mass is 260 g/mol. The quantitative estimate of drug-likeness (QED) is 0.573. The molecule has 0 aromatic rings. The number of rotatable bonds is 4. The predicted molar refractivity (Wildman–Crippen MR) is 66.7 cm³/mol. The average Bonchev–Trinajstić information content (AvgIpc) is 2.30. The van der Waals surface area contributed by atoms with Gasteiger partial charge >= 0.3 is 11.3 Å². The van der Waals surface area contributed by atoms with Crippen molar-refractivity contribution in [1.82, 2.24) is 0 Å². The maximum absolute atomic E-state index is 11.7. The second-order valence-corrected chi connectivity index (χ2v) is 5.34. The molecule has 5 heteroatoms. The molecule has 0 aromatic heterocycles. The van der Waals surface area contributed by atoms with Gasteiger partial charge in [-0.25, -0.2) is 4.79 Å². The summed E-state index contributed by atoms with van der Waals surface area (Å²) in [6, 6.07) is 0. The number of hydrogen-bond donors (Lipinski definition) is 0. The Hall–Kier alpha value is -0.710. The number of esters is 1. The van der Waals surface area contributed by atoms with Crippen LogP contribution >= 0.6 is 11.8 Å². The average molecular weight is 260 g/mol. The largest absolute Gasteiger partial charge is 0.425 e. The highest BCUT2D eigenvalue weighted by Crippen LogP contribution is 2.25. The number of hydrogen-bond acceptors (Lipinski definition) is 5. The molecule has 0 spiro atoms. The van der Waals surface area contributed by atoms with E-state index in [1.54, 1.807) is 6.92 Å². The van der Waals surface area contributed by atoms with Crippen LogP contribution in [0.15, 0.2) is 0 Å². The summed E-state index contributed by atoms with van der Waals surface area (Å²) >= 11 is 1.07. The predicted octanol–water partition coefficient (Wildman–Crippen LogP) is 3.35. The van der Waals surface area contributed by atoms with Crippen LogP contribution in [0.5, 0.6) is 0 Å². The standard InChI is InChI=1S/C12H20O4S/c1-3-17-12(14)16-9(2)15-11(13)10-7-5-4-6-8-10/h9-10H,3-8H2,1-2H3/t9-/m0/s1. The Kier molecular flexibility index (Phi) is 6.40. The summed E-state index contributed by atoms with van der Waals surface area (Å²) in [5, 5.41) is -0.392. The third kappa shape index (κ3) is 5.44. The Bertz CT molecular complexity index is 261. The lowest BCUT2D eigenvalue weighted by atomic mass is 9.89. The van der Waals surface area contributed by atoms with Crippen LogP contribution in [0, 0.1) is 5.92 Å². The summed E-state index contributed by atoms with van der Waals surface area (Å²) in [6.45, 7) is 3.44. The Balaban J connectivity index is 2.26. The van der Waals surface area contributed by atoms with E-state index in [0.717, 1.165) is 37.4 Å². The lowest BCUT2D eigenvalue weighted by Gasteiger charge is -2.22. The maximum Gasteiger partial charge on any atom is 0.370 e. The normalized spacial score (nSPS) is 18.5. The smallest absolute Gasteiger partial charge is 0.370 e. The fourth-order valence-corrected chi connectivity index (χ4v) is 2.35. The number of ether oxygens (including phenoxy) is 2. The lowest BCUT2D eigenvalue weighted by molar-refractivity contribution is -0.169. The Labute approximate surface area is 106 Å². The fraction of sp³-hybridized carbons (Fsp3) is 0.833. The molecule has 0 heterocycles. The van der Waals surface area contributed by atoms with E-state index in [9.17, 15) is 9.59 Å². The van der Waals surface area contributed by atoms with Gasteiger partial charge in [-0.3, -0.25) is 4.79 Å². The second kappa shape index (κ2) is 7.58. The van der Waals surface area contributed by atoms with E-state index in [4.69, 9.17) is 9.47 Å². The van der Waals surface area contributed by atoms with Crippen LogP contribution < -0.4 is 0 Å². The van der Waals surface area contributed by atoms with E-state index in [0.29, 0.717) is 5.75 Å². The number of carbonyl (C=O) groups excluding carboxylic acids is 2. The molecule has 0 amide bonds. The zero-order valence-electron chi connectivity index (χ0n) is 10.4. The van der Waals surface area contributed by atoms with Crippen LogP contribution in [0.25, 0.3) is 0 Å². The third-order valence-electron chi connectivity index (χ3n) is 2.75. The number of thioether (sulfide) groups is 1. The molecule has 0 radical (unpaired) electrons. The van der Waals surface area contributed by atoms with Crippen molar-refractivity contribution in [1.29, 1.82) is 0 Å². The van der Waals surface area contributed by atoms with Crippen molar-refractivity contribution in [2.45, 2.75) is 52.2 Å². The highest BCUT2D eigenvalue weighted by atomic mass is 32.2. The van der Waals surface area contributed by atoms with Gasteiger partial charge in [0, 0.05) is 12.7 Å². The van der Waals surface area contributed by atoms with Gasteiger partial charge in [-0.15, -0.1) is 0 Å². The number of carbonyl (C=O) groups is 2. The first-order valence-corrected chi connectivity index (χ1v) is 7.16. The minimum atomic E-state index is -0.782. The first kappa shape index (κ1) is 14.4. The van der Waals surface area contributed by atoms with Crippen LogP contribution in [0.2, 0.25) is 0 Å². The minimum Gasteiger partial charge on any atom is -0.425 e. The van der Waals surface area contributed by atoms with E-state index >= 15 is 0 Å². The summed E-state index contributed by atoms with van der Waals surface area (Å²) in [7, 11) is 0. The van der Waals surface area contributed by atoms with Crippen molar-refractivity contribution in [3.05, 3.63) is 0 Å². The molecule has 98 valence electrons. The molecule has 0 N–H and O–H groups in total. The highest BCUT2D eigenvalue weighted by molar-refractivity contribution is 8.13. The first-order valence-electron chi connectivity index (χ1n) is 6.17. The molecule has 0 unspecified atom stereocenters. The van der Waals surface area contributed by atoms with Crippen molar-refractivity contribution < 1.29 is 19.1 Å². The molecular weight excluding hydrogens is 240 g/mol. The van der Waals surface area contributed by atoms with E-state index in [1.165, 1.54) is 6.42 Å². The molecule has 0 aliphatic heterocycles.